The molecule has 0 bridgehead atoms. The minimum absolute atomic E-state index is 0.0838. The summed E-state index contributed by atoms with van der Waals surface area (Å²) in [5.74, 6) is 0.654. The van der Waals surface area contributed by atoms with Gasteiger partial charge in [-0.3, -0.25) is 4.90 Å². The van der Waals surface area contributed by atoms with Gasteiger partial charge in [0.25, 0.3) is 0 Å². The van der Waals surface area contributed by atoms with Crippen LogP contribution in [0.4, 0.5) is 4.79 Å². The molecule has 1 aliphatic carbocycles. The number of nitrogens with zero attached hydrogens (tertiary/aromatic N) is 2. The minimum Gasteiger partial charge on any atom is -0.473 e. The van der Waals surface area contributed by atoms with Gasteiger partial charge in [0.15, 0.2) is 0 Å². The molecule has 0 spiro atoms. The van der Waals surface area contributed by atoms with Gasteiger partial charge in [0.1, 0.15) is 6.61 Å². The normalized spacial score (nSPS) is 18.7. The zero-order valence-corrected chi connectivity index (χ0v) is 16.2. The molecule has 3 rings (SSSR count). The Hall–Kier alpha value is -2.08. The monoisotopic (exact) mass is 372 g/mol. The highest BCUT2D eigenvalue weighted by atomic mass is 16.5. The maximum absolute atomic E-state index is 11.8. The molecule has 6 nitrogen and oxygen atoms in total. The molecule has 0 atom stereocenters. The molecule has 2 fully saturated rings. The second kappa shape index (κ2) is 10.9. The van der Waals surface area contributed by atoms with E-state index in [2.05, 4.69) is 26.6 Å². The quantitative estimate of drug-likeness (QED) is 0.688. The zero-order valence-electron chi connectivity index (χ0n) is 16.2. The summed E-state index contributed by atoms with van der Waals surface area (Å²) in [5.41, 5.74) is 1.25. The third kappa shape index (κ3) is 7.21. The van der Waals surface area contributed by atoms with E-state index in [0.717, 1.165) is 19.4 Å². The van der Waals surface area contributed by atoms with E-state index in [1.54, 1.807) is 0 Å². The van der Waals surface area contributed by atoms with Crippen LogP contribution >= 0.6 is 0 Å². The van der Waals surface area contributed by atoms with Crippen LogP contribution in [0.25, 0.3) is 0 Å². The number of ether oxygens (including phenoxy) is 1. The molecule has 27 heavy (non-hydrogen) atoms. The largest absolute Gasteiger partial charge is 0.473 e. The Kier molecular flexibility index (Phi) is 7.96. The summed E-state index contributed by atoms with van der Waals surface area (Å²) in [5, 5.41) is 5.86. The number of likely N-dealkylation sites (tertiary alicyclic amines) is 1. The lowest BCUT2D eigenvalue weighted by molar-refractivity contribution is 0.220. The minimum atomic E-state index is -0.0838. The van der Waals surface area contributed by atoms with E-state index in [0.29, 0.717) is 25.1 Å². The van der Waals surface area contributed by atoms with Crippen LogP contribution in [0, 0.1) is 0 Å². The van der Waals surface area contributed by atoms with Crippen molar-refractivity contribution in [2.75, 3.05) is 26.2 Å². The molecule has 0 unspecified atom stereocenters. The van der Waals surface area contributed by atoms with Gasteiger partial charge in [-0.2, -0.15) is 0 Å². The number of nitrogens with one attached hydrogen (secondary N) is 2. The van der Waals surface area contributed by atoms with Gasteiger partial charge in [0.05, 0.1) is 0 Å². The van der Waals surface area contributed by atoms with E-state index in [4.69, 9.17) is 4.74 Å². The first-order valence-corrected chi connectivity index (χ1v) is 10.3. The first kappa shape index (κ1) is 19.7. The van der Waals surface area contributed by atoms with Crippen LogP contribution in [0.2, 0.25) is 0 Å². The van der Waals surface area contributed by atoms with Gasteiger partial charge >= 0.3 is 6.03 Å². The van der Waals surface area contributed by atoms with E-state index in [1.165, 1.54) is 50.8 Å². The van der Waals surface area contributed by atoms with Crippen molar-refractivity contribution < 1.29 is 9.53 Å². The number of rotatable bonds is 8. The van der Waals surface area contributed by atoms with Crippen LogP contribution < -0.4 is 15.4 Å². The van der Waals surface area contributed by atoms with Crippen LogP contribution in [0.5, 0.6) is 5.88 Å². The maximum Gasteiger partial charge on any atom is 0.315 e. The van der Waals surface area contributed by atoms with E-state index >= 15 is 0 Å². The summed E-state index contributed by atoms with van der Waals surface area (Å²) < 4.78 is 5.71. The number of pyridine rings is 1. The molecular formula is C21H32N4O2. The summed E-state index contributed by atoms with van der Waals surface area (Å²) >= 11 is 0. The number of carbonyl (C=O) groups is 1. The van der Waals surface area contributed by atoms with Gasteiger partial charge in [0, 0.05) is 31.4 Å². The fourth-order valence-electron chi connectivity index (χ4n) is 3.75. The van der Waals surface area contributed by atoms with E-state index in [-0.39, 0.29) is 6.03 Å². The number of carbonyl (C=O) groups excluding carboxylic acids is 1. The van der Waals surface area contributed by atoms with Crippen molar-refractivity contribution in [1.29, 1.82) is 0 Å². The summed E-state index contributed by atoms with van der Waals surface area (Å²) in [6, 6.07) is 4.35. The van der Waals surface area contributed by atoms with Crippen LogP contribution in [-0.4, -0.2) is 48.2 Å². The molecule has 0 aromatic carbocycles. The van der Waals surface area contributed by atoms with Crippen molar-refractivity contribution in [1.82, 2.24) is 20.5 Å². The van der Waals surface area contributed by atoms with E-state index in [1.807, 2.05) is 24.4 Å². The highest BCUT2D eigenvalue weighted by molar-refractivity contribution is 5.74. The first-order chi connectivity index (χ1) is 13.3. The first-order valence-electron chi connectivity index (χ1n) is 10.3. The fraction of sp³-hybridized carbons (Fsp3) is 0.619. The van der Waals surface area contributed by atoms with Crippen LogP contribution in [0.15, 0.2) is 30.5 Å². The zero-order chi connectivity index (χ0) is 18.7. The molecule has 1 aromatic heterocycles. The molecule has 2 N–H and O–H groups in total. The van der Waals surface area contributed by atoms with E-state index < -0.39 is 0 Å². The molecule has 2 heterocycles. The van der Waals surface area contributed by atoms with Gasteiger partial charge in [-0.15, -0.1) is 0 Å². The van der Waals surface area contributed by atoms with Crippen molar-refractivity contribution in [3.63, 3.8) is 0 Å². The van der Waals surface area contributed by atoms with Gasteiger partial charge in [-0.1, -0.05) is 25.3 Å². The molecule has 1 aromatic rings. The van der Waals surface area contributed by atoms with Gasteiger partial charge in [-0.25, -0.2) is 9.78 Å². The van der Waals surface area contributed by atoms with Crippen molar-refractivity contribution in [2.24, 2.45) is 0 Å². The molecule has 1 aliphatic heterocycles. The fourth-order valence-corrected chi connectivity index (χ4v) is 3.75. The Labute approximate surface area is 162 Å². The highest BCUT2D eigenvalue weighted by Gasteiger charge is 2.16. The third-order valence-corrected chi connectivity index (χ3v) is 5.22. The standard InChI is InChI=1S/C21H32N4O2/c26-21(24-19-8-2-3-9-19)23-11-4-7-15-27-20-16-18(10-12-22-20)17-25-13-5-1-6-14-25/h4,7,10,12,16,19H,1-3,5-6,8-9,11,13-15,17H2,(H2,23,24,26). The van der Waals surface area contributed by atoms with Gasteiger partial charge in [-0.05, 0) is 56.5 Å². The summed E-state index contributed by atoms with van der Waals surface area (Å²) in [6.45, 7) is 4.29. The van der Waals surface area contributed by atoms with Gasteiger partial charge < -0.3 is 15.4 Å². The summed E-state index contributed by atoms with van der Waals surface area (Å²) in [6.07, 6.45) is 14.2. The Balaban J connectivity index is 1.31. The predicted octanol–water partition coefficient (Wildman–Crippen LogP) is 3.24. The van der Waals surface area contributed by atoms with Crippen molar-refractivity contribution in [3.8, 4) is 5.88 Å². The lowest BCUT2D eigenvalue weighted by Gasteiger charge is -2.26. The van der Waals surface area contributed by atoms with Crippen LogP contribution in [-0.2, 0) is 6.54 Å². The smallest absolute Gasteiger partial charge is 0.315 e. The Morgan fingerprint density at radius 1 is 1.19 bits per heavy atom. The molecule has 2 aliphatic rings. The third-order valence-electron chi connectivity index (χ3n) is 5.22. The maximum atomic E-state index is 11.8. The topological polar surface area (TPSA) is 66.5 Å². The number of piperidine rings is 1. The Morgan fingerprint density at radius 3 is 2.81 bits per heavy atom. The Morgan fingerprint density at radius 2 is 2.00 bits per heavy atom. The lowest BCUT2D eigenvalue weighted by atomic mass is 10.1. The number of hydrogen-bond donors (Lipinski definition) is 2. The average molecular weight is 373 g/mol. The molecule has 1 saturated carbocycles. The second-order valence-corrected chi connectivity index (χ2v) is 7.46. The molecule has 6 heteroatoms. The highest BCUT2D eigenvalue weighted by Crippen LogP contribution is 2.17. The average Bonchev–Trinajstić information content (AvgIpc) is 3.19. The van der Waals surface area contributed by atoms with Gasteiger partial charge in [0.2, 0.25) is 5.88 Å². The predicted molar refractivity (Wildman–Crippen MR) is 107 cm³/mol. The summed E-state index contributed by atoms with van der Waals surface area (Å²) in [7, 11) is 0. The van der Waals surface area contributed by atoms with Crippen molar-refractivity contribution >= 4 is 6.03 Å². The summed E-state index contributed by atoms with van der Waals surface area (Å²) in [4.78, 5) is 18.5. The molecular weight excluding hydrogens is 340 g/mol. The lowest BCUT2D eigenvalue weighted by Crippen LogP contribution is -2.40. The van der Waals surface area contributed by atoms with Crippen molar-refractivity contribution in [2.45, 2.75) is 57.5 Å². The number of hydrogen-bond acceptors (Lipinski definition) is 4. The molecule has 0 radical (unpaired) electrons. The van der Waals surface area contributed by atoms with Crippen LogP contribution in [0.1, 0.15) is 50.5 Å². The molecule has 1 saturated heterocycles. The second-order valence-electron chi connectivity index (χ2n) is 7.46. The number of amides is 2. The van der Waals surface area contributed by atoms with E-state index in [9.17, 15) is 4.79 Å². The van der Waals surface area contributed by atoms with Crippen molar-refractivity contribution in [3.05, 3.63) is 36.0 Å². The van der Waals surface area contributed by atoms with Crippen LogP contribution in [0.3, 0.4) is 0 Å². The number of urea groups is 1. The Bertz CT molecular complexity index is 608. The molecule has 2 amide bonds. The SMILES string of the molecule is O=C(NCC=CCOc1cc(CN2CCCCC2)ccn1)NC1CCCC1. The molecule has 148 valence electrons. The number of aromatic nitrogens is 1.